The summed E-state index contributed by atoms with van der Waals surface area (Å²) < 4.78 is 0. The molecule has 1 saturated heterocycles. The Labute approximate surface area is 176 Å². The third-order valence-electron chi connectivity index (χ3n) is 5.48. The topological polar surface area (TPSA) is 48.5 Å². The third-order valence-corrected chi connectivity index (χ3v) is 6.50. The van der Waals surface area contributed by atoms with Gasteiger partial charge in [-0.1, -0.05) is 36.4 Å². The Morgan fingerprint density at radius 1 is 1.14 bits per heavy atom. The molecule has 152 valence electrons. The minimum absolute atomic E-state index is 0.00567. The lowest BCUT2D eigenvalue weighted by Gasteiger charge is -2.22. The molecule has 0 saturated carbocycles. The first-order chi connectivity index (χ1) is 14.1. The van der Waals surface area contributed by atoms with Crippen molar-refractivity contribution in [2.24, 2.45) is 0 Å². The maximum Gasteiger partial charge on any atom is 0.234 e. The molecule has 2 heterocycles. The van der Waals surface area contributed by atoms with Crippen molar-refractivity contribution in [2.45, 2.75) is 26.3 Å². The van der Waals surface area contributed by atoms with E-state index >= 15 is 0 Å². The van der Waals surface area contributed by atoms with E-state index in [2.05, 4.69) is 62.7 Å². The van der Waals surface area contributed by atoms with Crippen LogP contribution in [0.3, 0.4) is 0 Å². The summed E-state index contributed by atoms with van der Waals surface area (Å²) in [5.74, 6) is 0.0872. The number of carbonyl (C=O) groups excluding carboxylic acids is 1. The number of nitrogens with one attached hydrogen (secondary N) is 1. The van der Waals surface area contributed by atoms with Gasteiger partial charge in [-0.2, -0.15) is 0 Å². The summed E-state index contributed by atoms with van der Waals surface area (Å²) in [7, 11) is 0. The third kappa shape index (κ3) is 4.95. The van der Waals surface area contributed by atoms with Crippen LogP contribution in [0.15, 0.2) is 47.8 Å². The maximum atomic E-state index is 12.6. The molecule has 1 aliphatic rings. The minimum Gasteiger partial charge on any atom is -0.348 e. The Bertz CT molecular complexity index is 986. The molecule has 1 fully saturated rings. The number of aryl methyl sites for hydroxylation is 1. The Morgan fingerprint density at radius 3 is 2.76 bits per heavy atom. The van der Waals surface area contributed by atoms with Crippen LogP contribution in [0, 0.1) is 6.92 Å². The molecule has 1 unspecified atom stereocenters. The van der Waals surface area contributed by atoms with Crippen LogP contribution in [-0.2, 0) is 4.79 Å². The van der Waals surface area contributed by atoms with Crippen molar-refractivity contribution in [3.63, 3.8) is 0 Å². The summed E-state index contributed by atoms with van der Waals surface area (Å²) in [5, 5.41) is 8.79. The van der Waals surface area contributed by atoms with Crippen molar-refractivity contribution in [1.82, 2.24) is 15.2 Å². The monoisotopic (exact) mass is 408 g/mol. The van der Waals surface area contributed by atoms with Gasteiger partial charge >= 0.3 is 0 Å². The van der Waals surface area contributed by atoms with Crippen molar-refractivity contribution < 1.29 is 4.79 Å². The normalized spacial score (nSPS) is 16.6. The van der Waals surface area contributed by atoms with E-state index in [0.717, 1.165) is 49.0 Å². The smallest absolute Gasteiger partial charge is 0.234 e. The summed E-state index contributed by atoms with van der Waals surface area (Å²) in [6, 6.07) is 14.7. The van der Waals surface area contributed by atoms with Gasteiger partial charge in [0.15, 0.2) is 5.13 Å². The van der Waals surface area contributed by atoms with E-state index < -0.39 is 0 Å². The Morgan fingerprint density at radius 2 is 1.97 bits per heavy atom. The number of rotatable bonds is 5. The molecular weight excluding hydrogens is 380 g/mol. The average molecular weight is 409 g/mol. The number of anilines is 1. The van der Waals surface area contributed by atoms with Crippen LogP contribution in [0.5, 0.6) is 0 Å². The summed E-state index contributed by atoms with van der Waals surface area (Å²) >= 11 is 1.70. The number of carbonyl (C=O) groups is 1. The number of amides is 1. The predicted octanol–water partition coefficient (Wildman–Crippen LogP) is 3.99. The fourth-order valence-corrected chi connectivity index (χ4v) is 4.71. The lowest BCUT2D eigenvalue weighted by atomic mass is 10.0. The molecule has 1 aliphatic heterocycles. The Kier molecular flexibility index (Phi) is 6.11. The SMILES string of the molecule is Cc1csc(N2CCCN(CC(=O)NC(C)c3ccc4ccccc4c3)CC2)n1. The molecule has 0 aliphatic carbocycles. The van der Waals surface area contributed by atoms with E-state index in [1.165, 1.54) is 10.8 Å². The largest absolute Gasteiger partial charge is 0.348 e. The van der Waals surface area contributed by atoms with Gasteiger partial charge in [-0.15, -0.1) is 11.3 Å². The predicted molar refractivity (Wildman–Crippen MR) is 121 cm³/mol. The minimum atomic E-state index is -0.00567. The van der Waals surface area contributed by atoms with Gasteiger partial charge < -0.3 is 10.2 Å². The van der Waals surface area contributed by atoms with Gasteiger partial charge in [-0.05, 0) is 42.7 Å². The Balaban J connectivity index is 1.31. The van der Waals surface area contributed by atoms with E-state index in [-0.39, 0.29) is 11.9 Å². The summed E-state index contributed by atoms with van der Waals surface area (Å²) in [6.07, 6.45) is 1.05. The molecular formula is C23H28N4OS. The fourth-order valence-electron chi connectivity index (χ4n) is 3.86. The number of nitrogens with zero attached hydrogens (tertiary/aromatic N) is 3. The summed E-state index contributed by atoms with van der Waals surface area (Å²) in [6.45, 7) is 8.28. The van der Waals surface area contributed by atoms with Crippen LogP contribution < -0.4 is 10.2 Å². The maximum absolute atomic E-state index is 12.6. The molecule has 1 aromatic heterocycles. The van der Waals surface area contributed by atoms with Gasteiger partial charge in [0.2, 0.25) is 5.91 Å². The Hall–Kier alpha value is -2.44. The van der Waals surface area contributed by atoms with Crippen LogP contribution in [0.1, 0.15) is 30.6 Å². The molecule has 2 aromatic carbocycles. The van der Waals surface area contributed by atoms with Crippen molar-refractivity contribution in [3.05, 3.63) is 59.1 Å². The molecule has 29 heavy (non-hydrogen) atoms. The van der Waals surface area contributed by atoms with Crippen LogP contribution in [0.25, 0.3) is 10.8 Å². The number of aromatic nitrogens is 1. The summed E-state index contributed by atoms with van der Waals surface area (Å²) in [5.41, 5.74) is 2.21. The molecule has 0 spiro atoms. The van der Waals surface area contributed by atoms with Gasteiger partial charge in [-0.25, -0.2) is 4.98 Å². The molecule has 0 bridgehead atoms. The van der Waals surface area contributed by atoms with Gasteiger partial charge in [-0.3, -0.25) is 9.69 Å². The van der Waals surface area contributed by atoms with E-state index in [4.69, 9.17) is 0 Å². The molecule has 5 nitrogen and oxygen atoms in total. The van der Waals surface area contributed by atoms with Gasteiger partial charge in [0.1, 0.15) is 0 Å². The average Bonchev–Trinajstić information content (AvgIpc) is 3.02. The van der Waals surface area contributed by atoms with Crippen molar-refractivity contribution >= 4 is 33.1 Å². The fraction of sp³-hybridized carbons (Fsp3) is 0.391. The van der Waals surface area contributed by atoms with E-state index in [1.807, 2.05) is 19.1 Å². The second kappa shape index (κ2) is 8.93. The van der Waals surface area contributed by atoms with Crippen LogP contribution in [0.4, 0.5) is 5.13 Å². The number of hydrogen-bond donors (Lipinski definition) is 1. The highest BCUT2D eigenvalue weighted by atomic mass is 32.1. The number of fused-ring (bicyclic) bond motifs is 1. The molecule has 6 heteroatoms. The molecule has 1 atom stereocenters. The van der Waals surface area contributed by atoms with E-state index in [1.54, 1.807) is 11.3 Å². The second-order valence-corrected chi connectivity index (χ2v) is 8.62. The number of thiazole rings is 1. The van der Waals surface area contributed by atoms with Gasteiger partial charge in [0, 0.05) is 31.6 Å². The van der Waals surface area contributed by atoms with Crippen LogP contribution >= 0.6 is 11.3 Å². The van der Waals surface area contributed by atoms with Gasteiger partial charge in [0.25, 0.3) is 0 Å². The highest BCUT2D eigenvalue weighted by Crippen LogP contribution is 2.22. The van der Waals surface area contributed by atoms with E-state index in [0.29, 0.717) is 6.54 Å². The first-order valence-electron chi connectivity index (χ1n) is 10.3. The van der Waals surface area contributed by atoms with Crippen LogP contribution in [0.2, 0.25) is 0 Å². The van der Waals surface area contributed by atoms with Crippen molar-refractivity contribution in [2.75, 3.05) is 37.6 Å². The first-order valence-corrected chi connectivity index (χ1v) is 11.1. The first kappa shape index (κ1) is 19.9. The highest BCUT2D eigenvalue weighted by Gasteiger charge is 2.19. The highest BCUT2D eigenvalue weighted by molar-refractivity contribution is 7.13. The number of hydrogen-bond acceptors (Lipinski definition) is 5. The lowest BCUT2D eigenvalue weighted by molar-refractivity contribution is -0.122. The van der Waals surface area contributed by atoms with Gasteiger partial charge in [0.05, 0.1) is 18.3 Å². The number of benzene rings is 2. The quantitative estimate of drug-likeness (QED) is 0.693. The zero-order valence-corrected chi connectivity index (χ0v) is 17.9. The second-order valence-electron chi connectivity index (χ2n) is 7.78. The molecule has 1 amide bonds. The molecule has 3 aromatic rings. The lowest BCUT2D eigenvalue weighted by Crippen LogP contribution is -2.40. The molecule has 1 N–H and O–H groups in total. The van der Waals surface area contributed by atoms with Crippen molar-refractivity contribution in [1.29, 1.82) is 0 Å². The standard InChI is InChI=1S/C23H28N4OS/c1-17-16-29-23(24-17)27-11-5-10-26(12-13-27)15-22(28)25-18(2)20-9-8-19-6-3-4-7-21(19)14-20/h3-4,6-9,14,16,18H,5,10-13,15H2,1-2H3,(H,25,28). The summed E-state index contributed by atoms with van der Waals surface area (Å²) in [4.78, 5) is 21.8. The zero-order chi connectivity index (χ0) is 20.2. The zero-order valence-electron chi connectivity index (χ0n) is 17.1. The molecule has 4 rings (SSSR count). The van der Waals surface area contributed by atoms with Crippen LogP contribution in [-0.4, -0.2) is 48.5 Å². The van der Waals surface area contributed by atoms with E-state index in [9.17, 15) is 4.79 Å². The molecule has 0 radical (unpaired) electrons. The van der Waals surface area contributed by atoms with Crippen molar-refractivity contribution in [3.8, 4) is 0 Å².